The second kappa shape index (κ2) is 6.37. The third kappa shape index (κ3) is 3.47. The molecule has 106 valence electrons. The number of nitrogen functional groups attached to an aromatic ring is 1. The fourth-order valence-electron chi connectivity index (χ4n) is 2.05. The minimum Gasteiger partial charge on any atom is -0.384 e. The largest absolute Gasteiger partial charge is 0.384 e. The van der Waals surface area contributed by atoms with Gasteiger partial charge < -0.3 is 10.6 Å². The molecule has 0 bridgehead atoms. The van der Waals surface area contributed by atoms with E-state index in [0.717, 1.165) is 24.7 Å². The molecule has 0 fully saturated rings. The molecule has 4 heteroatoms. The van der Waals surface area contributed by atoms with Crippen molar-refractivity contribution in [3.8, 4) is 0 Å². The molecule has 0 radical (unpaired) electrons. The van der Waals surface area contributed by atoms with Gasteiger partial charge in [-0.25, -0.2) is 9.97 Å². The molecule has 1 heterocycles. The van der Waals surface area contributed by atoms with E-state index in [-0.39, 0.29) is 5.92 Å². The Bertz CT molecular complexity index is 552. The van der Waals surface area contributed by atoms with Crippen LogP contribution in [0.25, 0.3) is 0 Å². The number of hydrogen-bond donors (Lipinski definition) is 1. The first kappa shape index (κ1) is 14.3. The predicted molar refractivity (Wildman–Crippen MR) is 83.7 cm³/mol. The summed E-state index contributed by atoms with van der Waals surface area (Å²) in [5, 5.41) is 0. The smallest absolute Gasteiger partial charge is 0.135 e. The molecule has 0 spiro atoms. The fraction of sp³-hybridized carbons (Fsp3) is 0.375. The molecule has 0 amide bonds. The maximum Gasteiger partial charge on any atom is 0.135 e. The highest BCUT2D eigenvalue weighted by atomic mass is 15.2. The van der Waals surface area contributed by atoms with E-state index in [1.54, 1.807) is 0 Å². The van der Waals surface area contributed by atoms with Crippen LogP contribution in [0.3, 0.4) is 0 Å². The van der Waals surface area contributed by atoms with E-state index < -0.39 is 0 Å². The summed E-state index contributed by atoms with van der Waals surface area (Å²) in [5.74, 6) is 2.50. The zero-order valence-electron chi connectivity index (χ0n) is 12.4. The monoisotopic (exact) mass is 270 g/mol. The molecule has 2 N–H and O–H groups in total. The van der Waals surface area contributed by atoms with Crippen molar-refractivity contribution in [3.63, 3.8) is 0 Å². The van der Waals surface area contributed by atoms with Crippen LogP contribution in [0.2, 0.25) is 0 Å². The first-order chi connectivity index (χ1) is 9.60. The van der Waals surface area contributed by atoms with E-state index in [1.807, 2.05) is 12.1 Å². The van der Waals surface area contributed by atoms with Gasteiger partial charge in [-0.3, -0.25) is 0 Å². The van der Waals surface area contributed by atoms with Crippen LogP contribution >= 0.6 is 0 Å². The lowest BCUT2D eigenvalue weighted by Gasteiger charge is -2.23. The number of rotatable bonds is 5. The number of aromatic nitrogens is 2. The second-order valence-corrected chi connectivity index (χ2v) is 5.16. The Balaban J connectivity index is 2.27. The van der Waals surface area contributed by atoms with Crippen LogP contribution in [-0.4, -0.2) is 16.5 Å². The van der Waals surface area contributed by atoms with Crippen molar-refractivity contribution in [2.24, 2.45) is 0 Å². The molecule has 0 aliphatic carbocycles. The van der Waals surface area contributed by atoms with Crippen LogP contribution < -0.4 is 10.6 Å². The van der Waals surface area contributed by atoms with Gasteiger partial charge >= 0.3 is 0 Å². The van der Waals surface area contributed by atoms with Gasteiger partial charge in [0.05, 0.1) is 0 Å². The highest BCUT2D eigenvalue weighted by Gasteiger charge is 2.11. The quantitative estimate of drug-likeness (QED) is 0.906. The lowest BCUT2D eigenvalue weighted by atomic mass is 10.2. The molecule has 0 saturated carbocycles. The molecule has 0 atom stereocenters. The molecule has 2 rings (SSSR count). The lowest BCUT2D eigenvalue weighted by Crippen LogP contribution is -2.24. The van der Waals surface area contributed by atoms with Gasteiger partial charge in [0.25, 0.3) is 0 Å². The summed E-state index contributed by atoms with van der Waals surface area (Å²) in [5.41, 5.74) is 7.17. The second-order valence-electron chi connectivity index (χ2n) is 5.16. The summed E-state index contributed by atoms with van der Waals surface area (Å²) in [6, 6.07) is 12.2. The fourth-order valence-corrected chi connectivity index (χ4v) is 2.05. The summed E-state index contributed by atoms with van der Waals surface area (Å²) < 4.78 is 0. The van der Waals surface area contributed by atoms with Gasteiger partial charge in [0.2, 0.25) is 0 Å². The number of anilines is 2. The van der Waals surface area contributed by atoms with E-state index in [1.165, 1.54) is 5.56 Å². The van der Waals surface area contributed by atoms with Crippen LogP contribution in [-0.2, 0) is 6.54 Å². The maximum absolute atomic E-state index is 5.91. The van der Waals surface area contributed by atoms with Gasteiger partial charge in [0.15, 0.2) is 0 Å². The van der Waals surface area contributed by atoms with Crippen molar-refractivity contribution in [2.75, 3.05) is 17.2 Å². The van der Waals surface area contributed by atoms with Crippen LogP contribution in [0, 0.1) is 0 Å². The molecule has 0 aliphatic rings. The average molecular weight is 270 g/mol. The molecule has 0 aliphatic heterocycles. The molecule has 0 unspecified atom stereocenters. The van der Waals surface area contributed by atoms with Gasteiger partial charge in [-0.15, -0.1) is 0 Å². The van der Waals surface area contributed by atoms with Crippen molar-refractivity contribution < 1.29 is 0 Å². The third-order valence-corrected chi connectivity index (χ3v) is 3.19. The normalized spacial score (nSPS) is 10.8. The van der Waals surface area contributed by atoms with Gasteiger partial charge in [-0.05, 0) is 12.5 Å². The Hall–Kier alpha value is -2.10. The molecule has 4 nitrogen and oxygen atoms in total. The van der Waals surface area contributed by atoms with Crippen LogP contribution in [0.1, 0.15) is 38.1 Å². The lowest BCUT2D eigenvalue weighted by molar-refractivity contribution is 0.750. The Morgan fingerprint density at radius 3 is 2.45 bits per heavy atom. The van der Waals surface area contributed by atoms with E-state index in [9.17, 15) is 0 Å². The maximum atomic E-state index is 5.91. The Morgan fingerprint density at radius 1 is 1.15 bits per heavy atom. The SMILES string of the molecule is CCN(Cc1ccccc1)c1cc(N)nc(C(C)C)n1. The van der Waals surface area contributed by atoms with Crippen molar-refractivity contribution in [3.05, 3.63) is 47.8 Å². The highest BCUT2D eigenvalue weighted by molar-refractivity contribution is 5.47. The van der Waals surface area contributed by atoms with Gasteiger partial charge in [0, 0.05) is 25.1 Å². The predicted octanol–water partition coefficient (Wildman–Crippen LogP) is 3.21. The Kier molecular flexibility index (Phi) is 4.56. The summed E-state index contributed by atoms with van der Waals surface area (Å²) in [7, 11) is 0. The Morgan fingerprint density at radius 2 is 1.85 bits per heavy atom. The summed E-state index contributed by atoms with van der Waals surface area (Å²) in [6.45, 7) is 7.97. The minimum absolute atomic E-state index is 0.271. The first-order valence-corrected chi connectivity index (χ1v) is 7.03. The summed E-state index contributed by atoms with van der Waals surface area (Å²) >= 11 is 0. The molecular formula is C16H22N4. The van der Waals surface area contributed by atoms with Crippen molar-refractivity contribution >= 4 is 11.6 Å². The van der Waals surface area contributed by atoms with E-state index in [0.29, 0.717) is 5.82 Å². The first-order valence-electron chi connectivity index (χ1n) is 7.03. The number of hydrogen-bond acceptors (Lipinski definition) is 4. The van der Waals surface area contributed by atoms with Gasteiger partial charge in [-0.1, -0.05) is 44.2 Å². The number of nitrogens with zero attached hydrogens (tertiary/aromatic N) is 3. The van der Waals surface area contributed by atoms with Crippen LogP contribution in [0.15, 0.2) is 36.4 Å². The zero-order valence-corrected chi connectivity index (χ0v) is 12.4. The highest BCUT2D eigenvalue weighted by Crippen LogP contribution is 2.20. The number of benzene rings is 1. The average Bonchev–Trinajstić information content (AvgIpc) is 2.45. The third-order valence-electron chi connectivity index (χ3n) is 3.19. The number of nitrogens with two attached hydrogens (primary N) is 1. The van der Waals surface area contributed by atoms with E-state index in [4.69, 9.17) is 5.73 Å². The molecule has 2 aromatic rings. The molecule has 1 aromatic carbocycles. The molecule has 1 aromatic heterocycles. The minimum atomic E-state index is 0.271. The van der Waals surface area contributed by atoms with Gasteiger partial charge in [-0.2, -0.15) is 0 Å². The topological polar surface area (TPSA) is 55.0 Å². The van der Waals surface area contributed by atoms with E-state index in [2.05, 4.69) is 59.9 Å². The summed E-state index contributed by atoms with van der Waals surface area (Å²) in [4.78, 5) is 11.1. The standard InChI is InChI=1S/C16H22N4/c1-4-20(11-13-8-6-5-7-9-13)15-10-14(17)18-16(19-15)12(2)3/h5-10,12H,4,11H2,1-3H3,(H2,17,18,19). The van der Waals surface area contributed by atoms with Crippen molar-refractivity contribution in [1.29, 1.82) is 0 Å². The van der Waals surface area contributed by atoms with Crippen molar-refractivity contribution in [1.82, 2.24) is 9.97 Å². The van der Waals surface area contributed by atoms with Crippen molar-refractivity contribution in [2.45, 2.75) is 33.2 Å². The van der Waals surface area contributed by atoms with Crippen LogP contribution in [0.4, 0.5) is 11.6 Å². The zero-order chi connectivity index (χ0) is 14.5. The summed E-state index contributed by atoms with van der Waals surface area (Å²) in [6.07, 6.45) is 0. The van der Waals surface area contributed by atoms with E-state index >= 15 is 0 Å². The van der Waals surface area contributed by atoms with Crippen LogP contribution in [0.5, 0.6) is 0 Å². The molecular weight excluding hydrogens is 248 g/mol. The Labute approximate surface area is 120 Å². The van der Waals surface area contributed by atoms with Gasteiger partial charge in [0.1, 0.15) is 17.5 Å². The molecule has 20 heavy (non-hydrogen) atoms. The molecule has 0 saturated heterocycles.